The lowest BCUT2D eigenvalue weighted by Gasteiger charge is -2.45. The molecule has 0 heterocycles. The van der Waals surface area contributed by atoms with Crippen molar-refractivity contribution in [2.75, 3.05) is 0 Å². The molecule has 0 bridgehead atoms. The summed E-state index contributed by atoms with van der Waals surface area (Å²) in [4.78, 5) is 0. The van der Waals surface area contributed by atoms with Crippen molar-refractivity contribution in [2.45, 2.75) is 137 Å². The summed E-state index contributed by atoms with van der Waals surface area (Å²) in [7, 11) is -3.36. The average Bonchev–Trinajstić information content (AvgIpc) is 2.97. The fourth-order valence-corrected chi connectivity index (χ4v) is 12.6. The molecule has 3 aromatic rings. The Kier molecular flexibility index (Phi) is 12.9. The van der Waals surface area contributed by atoms with Crippen molar-refractivity contribution in [2.24, 2.45) is 10.8 Å². The summed E-state index contributed by atoms with van der Waals surface area (Å²) >= 11 is 0. The van der Waals surface area contributed by atoms with Crippen LogP contribution in [0.3, 0.4) is 0 Å². The van der Waals surface area contributed by atoms with E-state index in [-0.39, 0.29) is 22.4 Å². The predicted molar refractivity (Wildman–Crippen MR) is 177 cm³/mol. The molecule has 0 aliphatic rings. The third-order valence-electron chi connectivity index (χ3n) is 9.66. The summed E-state index contributed by atoms with van der Waals surface area (Å²) in [6.07, 6.45) is 9.81. The van der Waals surface area contributed by atoms with Crippen LogP contribution in [-0.2, 0) is 0 Å². The van der Waals surface area contributed by atoms with Crippen LogP contribution in [0.4, 0.5) is 35.1 Å². The van der Waals surface area contributed by atoms with Gasteiger partial charge in [-0.25, -0.2) is 30.7 Å². The van der Waals surface area contributed by atoms with Gasteiger partial charge in [-0.05, 0) is 41.3 Å². The first-order valence-corrected chi connectivity index (χ1v) is 19.4. The van der Waals surface area contributed by atoms with E-state index in [0.717, 1.165) is 64.2 Å². The van der Waals surface area contributed by atoms with E-state index in [2.05, 4.69) is 41.5 Å². The van der Waals surface area contributed by atoms with Gasteiger partial charge in [0, 0.05) is 6.07 Å². The van der Waals surface area contributed by atoms with Crippen LogP contribution in [-0.4, -0.2) is 8.32 Å². The third-order valence-corrected chi connectivity index (χ3v) is 15.5. The van der Waals surface area contributed by atoms with Crippen molar-refractivity contribution in [1.82, 2.24) is 0 Å². The zero-order valence-corrected chi connectivity index (χ0v) is 30.1. The Labute approximate surface area is 275 Å². The van der Waals surface area contributed by atoms with Crippen molar-refractivity contribution >= 4 is 29.9 Å². The Morgan fingerprint density at radius 1 is 0.553 bits per heavy atom. The van der Waals surface area contributed by atoms with E-state index < -0.39 is 82.1 Å². The first kappa shape index (κ1) is 39.1. The zero-order chi connectivity index (χ0) is 35.5. The molecule has 3 rings (SSSR count). The van der Waals surface area contributed by atoms with E-state index in [0.29, 0.717) is 12.1 Å². The topological polar surface area (TPSA) is 9.23 Å². The van der Waals surface area contributed by atoms with Crippen molar-refractivity contribution in [3.05, 3.63) is 52.6 Å². The third kappa shape index (κ3) is 8.45. The summed E-state index contributed by atoms with van der Waals surface area (Å²) < 4.78 is 129. The maximum absolute atomic E-state index is 16.4. The van der Waals surface area contributed by atoms with Gasteiger partial charge in [0.15, 0.2) is 29.0 Å². The largest absolute Gasteiger partial charge is 0.539 e. The standard InChI is InChI=1S/C37H50F8OSi/c1-9-11-13-15-17-36(5,6)20-47(22(3)4,21-37(7,8)18-16-14-12-10-2)46-35-33(44)28-27(32(43)34(35)45)30(41)25-23(38)19-24(39)29(40)26(25)31(28)42/h19,22H,9-18,20-21H2,1-8H3. The summed E-state index contributed by atoms with van der Waals surface area (Å²) in [5.41, 5.74) is -0.920. The van der Waals surface area contributed by atoms with E-state index in [1.807, 2.05) is 13.8 Å². The SMILES string of the molecule is CCCCCCC(C)(C)C[Si](CC(C)(C)CCCCCC)(Oc1c(F)c(F)c2c(F)c3c(F)cc(F)c(F)c3c(F)c2c1F)C(C)C. The van der Waals surface area contributed by atoms with Crippen molar-refractivity contribution in [3.63, 3.8) is 0 Å². The van der Waals surface area contributed by atoms with Crippen LogP contribution in [0.25, 0.3) is 21.5 Å². The van der Waals surface area contributed by atoms with Crippen LogP contribution in [0.5, 0.6) is 5.75 Å². The maximum Gasteiger partial charge on any atom is 0.255 e. The zero-order valence-electron chi connectivity index (χ0n) is 29.1. The first-order valence-electron chi connectivity index (χ1n) is 17.0. The fourth-order valence-electron chi connectivity index (χ4n) is 7.13. The van der Waals surface area contributed by atoms with Gasteiger partial charge < -0.3 is 4.43 Å². The van der Waals surface area contributed by atoms with Gasteiger partial charge in [0.25, 0.3) is 8.32 Å². The van der Waals surface area contributed by atoms with Crippen molar-refractivity contribution in [3.8, 4) is 5.75 Å². The lowest BCUT2D eigenvalue weighted by atomic mass is 9.88. The number of halogens is 8. The second-order valence-corrected chi connectivity index (χ2v) is 19.4. The Morgan fingerprint density at radius 2 is 1.00 bits per heavy atom. The van der Waals surface area contributed by atoms with Gasteiger partial charge in [0.2, 0.25) is 5.82 Å². The van der Waals surface area contributed by atoms with E-state index in [1.165, 1.54) is 0 Å². The molecule has 47 heavy (non-hydrogen) atoms. The summed E-state index contributed by atoms with van der Waals surface area (Å²) in [6.45, 7) is 16.3. The Balaban J connectivity index is 2.28. The van der Waals surface area contributed by atoms with Crippen LogP contribution in [0.2, 0.25) is 17.6 Å². The van der Waals surface area contributed by atoms with Gasteiger partial charge in [-0.3, -0.25) is 0 Å². The molecule has 0 aromatic heterocycles. The molecule has 0 N–H and O–H groups in total. The van der Waals surface area contributed by atoms with Crippen LogP contribution < -0.4 is 4.43 Å². The molecule has 264 valence electrons. The van der Waals surface area contributed by atoms with Gasteiger partial charge in [0.05, 0.1) is 21.5 Å². The van der Waals surface area contributed by atoms with Gasteiger partial charge in [0.1, 0.15) is 17.5 Å². The normalized spacial score (nSPS) is 13.0. The minimum Gasteiger partial charge on any atom is -0.539 e. The molecule has 0 amide bonds. The number of fused-ring (bicyclic) bond motifs is 2. The number of unbranched alkanes of at least 4 members (excludes halogenated alkanes) is 6. The van der Waals surface area contributed by atoms with Crippen LogP contribution >= 0.6 is 0 Å². The molecule has 0 fully saturated rings. The highest BCUT2D eigenvalue weighted by Gasteiger charge is 2.49. The van der Waals surface area contributed by atoms with Crippen molar-refractivity contribution < 1.29 is 39.5 Å². The first-order chi connectivity index (χ1) is 21.8. The molecule has 0 saturated carbocycles. The minimum atomic E-state index is -3.36. The Hall–Kier alpha value is -2.36. The van der Waals surface area contributed by atoms with Gasteiger partial charge in [-0.2, -0.15) is 4.39 Å². The van der Waals surface area contributed by atoms with E-state index in [4.69, 9.17) is 4.43 Å². The van der Waals surface area contributed by atoms with Crippen LogP contribution in [0, 0.1) is 57.4 Å². The minimum absolute atomic E-state index is 0.0370. The second kappa shape index (κ2) is 15.5. The van der Waals surface area contributed by atoms with E-state index >= 15 is 22.0 Å². The number of benzene rings is 3. The average molecular weight is 691 g/mol. The molecule has 0 saturated heterocycles. The highest BCUT2D eigenvalue weighted by Crippen LogP contribution is 2.49. The summed E-state index contributed by atoms with van der Waals surface area (Å²) in [5, 5.41) is -5.97. The van der Waals surface area contributed by atoms with Crippen LogP contribution in [0.15, 0.2) is 6.07 Å². The number of hydrogen-bond donors (Lipinski definition) is 0. The number of hydrogen-bond acceptors (Lipinski definition) is 1. The smallest absolute Gasteiger partial charge is 0.255 e. The molecular formula is C37H50F8OSi. The molecule has 0 aliphatic carbocycles. The maximum atomic E-state index is 16.4. The molecule has 10 heteroatoms. The molecule has 3 aromatic carbocycles. The van der Waals surface area contributed by atoms with E-state index in [1.54, 1.807) is 0 Å². The second-order valence-electron chi connectivity index (χ2n) is 15.2. The lowest BCUT2D eigenvalue weighted by Crippen LogP contribution is -2.51. The Bertz CT molecular complexity index is 1540. The van der Waals surface area contributed by atoms with Gasteiger partial charge in [-0.15, -0.1) is 0 Å². The molecule has 0 atom stereocenters. The highest BCUT2D eigenvalue weighted by molar-refractivity contribution is 6.76. The quantitative estimate of drug-likeness (QED) is 0.0450. The number of rotatable bonds is 17. The Morgan fingerprint density at radius 3 is 1.47 bits per heavy atom. The van der Waals surface area contributed by atoms with Crippen LogP contribution in [0.1, 0.15) is 120 Å². The van der Waals surface area contributed by atoms with Crippen molar-refractivity contribution in [1.29, 1.82) is 0 Å². The molecule has 0 radical (unpaired) electrons. The summed E-state index contributed by atoms with van der Waals surface area (Å²) in [5.74, 6) is -16.3. The summed E-state index contributed by atoms with van der Waals surface area (Å²) in [6, 6.07) is 0.853. The highest BCUT2D eigenvalue weighted by atomic mass is 28.4. The van der Waals surface area contributed by atoms with Gasteiger partial charge in [-0.1, -0.05) is 107 Å². The molecule has 0 spiro atoms. The molecule has 1 nitrogen and oxygen atoms in total. The monoisotopic (exact) mass is 690 g/mol. The molecule has 0 unspecified atom stereocenters. The molecular weight excluding hydrogens is 640 g/mol. The predicted octanol–water partition coefficient (Wildman–Crippen LogP) is 13.8. The fraction of sp³-hybridized carbons (Fsp3) is 0.622. The van der Waals surface area contributed by atoms with E-state index in [9.17, 15) is 13.2 Å². The molecule has 0 aliphatic heterocycles. The lowest BCUT2D eigenvalue weighted by molar-refractivity contribution is 0.298. The van der Waals surface area contributed by atoms with Gasteiger partial charge >= 0.3 is 0 Å².